The van der Waals surface area contributed by atoms with E-state index in [0.717, 1.165) is 6.07 Å². The second kappa shape index (κ2) is 4.69. The number of hydrogen-bond acceptors (Lipinski definition) is 5. The molecule has 0 atom stereocenters. The summed E-state index contributed by atoms with van der Waals surface area (Å²) in [5.41, 5.74) is -0.258. The van der Waals surface area contributed by atoms with Crippen molar-refractivity contribution in [3.05, 3.63) is 38.0 Å². The van der Waals surface area contributed by atoms with Gasteiger partial charge in [0, 0.05) is 6.07 Å². The molecule has 0 aliphatic carbocycles. The summed E-state index contributed by atoms with van der Waals surface area (Å²) in [6, 6.07) is 1.81. The van der Waals surface area contributed by atoms with Crippen LogP contribution < -0.4 is 10.6 Å². The molecule has 0 aromatic heterocycles. The first-order chi connectivity index (χ1) is 8.88. The highest BCUT2D eigenvalue weighted by molar-refractivity contribution is 9.10. The number of halogens is 1. The van der Waals surface area contributed by atoms with Gasteiger partial charge in [0.25, 0.3) is 5.91 Å². The van der Waals surface area contributed by atoms with Crippen LogP contribution in [-0.4, -0.2) is 22.0 Å². The molecule has 19 heavy (non-hydrogen) atoms. The van der Waals surface area contributed by atoms with Gasteiger partial charge in [-0.05, 0) is 33.6 Å². The van der Waals surface area contributed by atoms with Gasteiger partial charge in [-0.25, -0.2) is 4.79 Å². The van der Waals surface area contributed by atoms with Crippen molar-refractivity contribution >= 4 is 39.6 Å². The summed E-state index contributed by atoms with van der Waals surface area (Å²) < 4.78 is 0.110. The summed E-state index contributed by atoms with van der Waals surface area (Å²) in [7, 11) is 0. The Morgan fingerprint density at radius 2 is 2.00 bits per heavy atom. The maximum atomic E-state index is 11.3. The van der Waals surface area contributed by atoms with E-state index in [1.54, 1.807) is 0 Å². The van der Waals surface area contributed by atoms with Gasteiger partial charge in [-0.2, -0.15) is 0 Å². The van der Waals surface area contributed by atoms with Crippen LogP contribution in [0.15, 0.2) is 22.3 Å². The Morgan fingerprint density at radius 1 is 1.32 bits per heavy atom. The molecule has 0 radical (unpaired) electrons. The quantitative estimate of drug-likeness (QED) is 0.326. The number of nitro groups is 1. The number of phenols is 1. The van der Waals surface area contributed by atoms with Crippen molar-refractivity contribution in [1.82, 2.24) is 10.6 Å². The molecule has 0 unspecified atom stereocenters. The highest BCUT2D eigenvalue weighted by atomic mass is 79.9. The lowest BCUT2D eigenvalue weighted by atomic mass is 10.1. The average molecular weight is 328 g/mol. The van der Waals surface area contributed by atoms with E-state index in [1.807, 2.05) is 5.32 Å². The Morgan fingerprint density at radius 3 is 2.53 bits per heavy atom. The molecule has 0 saturated carbocycles. The fourth-order valence-corrected chi connectivity index (χ4v) is 1.94. The molecule has 0 bridgehead atoms. The van der Waals surface area contributed by atoms with E-state index in [0.29, 0.717) is 0 Å². The number of carbonyl (C=O) groups excluding carboxylic acids is 2. The minimum atomic E-state index is -0.755. The molecular weight excluding hydrogens is 322 g/mol. The SMILES string of the molecule is O=C1NC(=O)/C(=C/c2cc(Br)c(O)c([N+](=O)[O-])c2)N1. The highest BCUT2D eigenvalue weighted by Gasteiger charge is 2.24. The lowest BCUT2D eigenvalue weighted by Gasteiger charge is -2.02. The van der Waals surface area contributed by atoms with Crippen molar-refractivity contribution in [1.29, 1.82) is 0 Å². The van der Waals surface area contributed by atoms with Crippen molar-refractivity contribution in [2.75, 3.05) is 0 Å². The summed E-state index contributed by atoms with van der Waals surface area (Å²) in [4.78, 5) is 32.2. The normalized spacial score (nSPS) is 16.4. The van der Waals surface area contributed by atoms with Crippen LogP contribution in [0.25, 0.3) is 6.08 Å². The van der Waals surface area contributed by atoms with E-state index in [9.17, 15) is 24.8 Å². The van der Waals surface area contributed by atoms with Crippen LogP contribution in [0, 0.1) is 10.1 Å². The number of benzene rings is 1. The van der Waals surface area contributed by atoms with E-state index in [2.05, 4.69) is 21.2 Å². The number of imide groups is 1. The molecule has 98 valence electrons. The third-order valence-electron chi connectivity index (χ3n) is 2.29. The summed E-state index contributed by atoms with van der Waals surface area (Å²) >= 11 is 2.97. The number of nitrogens with zero attached hydrogens (tertiary/aromatic N) is 1. The zero-order valence-electron chi connectivity index (χ0n) is 9.14. The number of aromatic hydroxyl groups is 1. The summed E-state index contributed by atoms with van der Waals surface area (Å²) in [5, 5.41) is 24.5. The average Bonchev–Trinajstić information content (AvgIpc) is 2.62. The minimum Gasteiger partial charge on any atom is -0.501 e. The van der Waals surface area contributed by atoms with Crippen molar-refractivity contribution < 1.29 is 19.6 Å². The summed E-state index contributed by atoms with van der Waals surface area (Å²) in [6.45, 7) is 0. The fourth-order valence-electron chi connectivity index (χ4n) is 1.48. The number of rotatable bonds is 2. The lowest BCUT2D eigenvalue weighted by Crippen LogP contribution is -2.22. The van der Waals surface area contributed by atoms with Gasteiger partial charge >= 0.3 is 11.7 Å². The number of carbonyl (C=O) groups is 2. The van der Waals surface area contributed by atoms with E-state index >= 15 is 0 Å². The molecule has 1 aromatic carbocycles. The standard InChI is InChI=1S/C10H6BrN3O5/c11-5-1-4(3-7(8(5)15)14(18)19)2-6-9(16)13-10(17)12-6/h1-3,15H,(H2,12,13,16,17)/b6-2-. The van der Waals surface area contributed by atoms with Crippen LogP contribution in [0.2, 0.25) is 0 Å². The minimum absolute atomic E-state index is 0.0307. The Hall–Kier alpha value is -2.42. The van der Waals surface area contributed by atoms with Crippen LogP contribution in [0.5, 0.6) is 5.75 Å². The Balaban J connectivity index is 2.47. The molecule has 2 rings (SSSR count). The van der Waals surface area contributed by atoms with Crippen molar-refractivity contribution in [3.8, 4) is 5.75 Å². The maximum Gasteiger partial charge on any atom is 0.326 e. The van der Waals surface area contributed by atoms with E-state index in [-0.39, 0.29) is 15.7 Å². The first kappa shape index (κ1) is 13.0. The van der Waals surface area contributed by atoms with E-state index < -0.39 is 28.3 Å². The zero-order chi connectivity index (χ0) is 14.2. The Bertz CT molecular complexity index is 640. The largest absolute Gasteiger partial charge is 0.501 e. The van der Waals surface area contributed by atoms with Crippen molar-refractivity contribution in [3.63, 3.8) is 0 Å². The second-order valence-corrected chi connectivity index (χ2v) is 4.45. The first-order valence-electron chi connectivity index (χ1n) is 4.89. The Kier molecular flexibility index (Phi) is 3.21. The molecule has 1 aliphatic rings. The predicted octanol–water partition coefficient (Wildman–Crippen LogP) is 1.24. The van der Waals surface area contributed by atoms with Crippen LogP contribution >= 0.6 is 15.9 Å². The summed E-state index contributed by atoms with van der Waals surface area (Å²) in [5.74, 6) is -1.14. The van der Waals surface area contributed by atoms with Gasteiger partial charge in [0.2, 0.25) is 5.75 Å². The van der Waals surface area contributed by atoms with E-state index in [1.165, 1.54) is 12.1 Å². The molecule has 0 spiro atoms. The number of nitro benzene ring substituents is 1. The smallest absolute Gasteiger partial charge is 0.326 e. The number of amides is 3. The van der Waals surface area contributed by atoms with Crippen LogP contribution in [-0.2, 0) is 4.79 Å². The second-order valence-electron chi connectivity index (χ2n) is 3.59. The lowest BCUT2D eigenvalue weighted by molar-refractivity contribution is -0.386. The third kappa shape index (κ3) is 2.55. The van der Waals surface area contributed by atoms with Crippen LogP contribution in [0.3, 0.4) is 0 Å². The van der Waals surface area contributed by atoms with Gasteiger partial charge in [-0.1, -0.05) is 0 Å². The number of hydrogen-bond donors (Lipinski definition) is 3. The molecule has 1 saturated heterocycles. The van der Waals surface area contributed by atoms with Gasteiger partial charge in [-0.3, -0.25) is 20.2 Å². The van der Waals surface area contributed by atoms with Crippen LogP contribution in [0.4, 0.5) is 10.5 Å². The van der Waals surface area contributed by atoms with Crippen molar-refractivity contribution in [2.24, 2.45) is 0 Å². The number of nitrogens with one attached hydrogen (secondary N) is 2. The van der Waals surface area contributed by atoms with Crippen LogP contribution in [0.1, 0.15) is 5.56 Å². The number of phenolic OH excluding ortho intramolecular Hbond substituents is 1. The van der Waals surface area contributed by atoms with Gasteiger partial charge in [0.1, 0.15) is 5.70 Å². The predicted molar refractivity (Wildman–Crippen MR) is 67.1 cm³/mol. The third-order valence-corrected chi connectivity index (χ3v) is 2.90. The zero-order valence-corrected chi connectivity index (χ0v) is 10.7. The van der Waals surface area contributed by atoms with E-state index in [4.69, 9.17) is 0 Å². The molecule has 8 nitrogen and oxygen atoms in total. The molecule has 1 fully saturated rings. The monoisotopic (exact) mass is 327 g/mol. The molecule has 1 aromatic rings. The molecule has 9 heteroatoms. The molecule has 3 N–H and O–H groups in total. The molecule has 1 aliphatic heterocycles. The molecular formula is C10H6BrN3O5. The van der Waals surface area contributed by atoms with Gasteiger partial charge < -0.3 is 10.4 Å². The van der Waals surface area contributed by atoms with Gasteiger partial charge in [0.05, 0.1) is 9.40 Å². The van der Waals surface area contributed by atoms with Gasteiger partial charge in [0.15, 0.2) is 0 Å². The first-order valence-corrected chi connectivity index (χ1v) is 5.68. The van der Waals surface area contributed by atoms with Crippen molar-refractivity contribution in [2.45, 2.75) is 0 Å². The molecule has 3 amide bonds. The fraction of sp³-hybridized carbons (Fsp3) is 0. The topological polar surface area (TPSA) is 122 Å². The highest BCUT2D eigenvalue weighted by Crippen LogP contribution is 2.35. The van der Waals surface area contributed by atoms with Gasteiger partial charge in [-0.15, -0.1) is 0 Å². The maximum absolute atomic E-state index is 11.3. The summed E-state index contributed by atoms with van der Waals surface area (Å²) in [6.07, 6.45) is 1.26. The number of urea groups is 1. The molecule has 1 heterocycles. The Labute approximate surface area is 114 Å².